The van der Waals surface area contributed by atoms with Gasteiger partial charge in [0.05, 0.1) is 30.5 Å². The predicted octanol–water partition coefficient (Wildman–Crippen LogP) is 1.65. The molecule has 3 unspecified atom stereocenters. The standard InChI is InChI=1S/C20H27N5O2/c1-14-12-21-13-16(24-14)4-7-22-19(26)18-15-3-6-20(18,11-15)17-5-8-23-25(17)9-10-27-2/h5,8,12-13,15,18H,3-4,6-7,9-11H2,1-2H3,(H,22,26). The molecule has 0 spiro atoms. The second-order valence-electron chi connectivity index (χ2n) is 7.76. The maximum atomic E-state index is 13.0. The highest BCUT2D eigenvalue weighted by atomic mass is 16.5. The maximum Gasteiger partial charge on any atom is 0.224 e. The summed E-state index contributed by atoms with van der Waals surface area (Å²) in [5, 5.41) is 7.60. The number of carbonyl (C=O) groups excluding carboxylic acids is 1. The minimum atomic E-state index is -0.0534. The fourth-order valence-electron chi connectivity index (χ4n) is 5.00. The maximum absolute atomic E-state index is 13.0. The van der Waals surface area contributed by atoms with E-state index in [1.54, 1.807) is 19.5 Å². The van der Waals surface area contributed by atoms with Gasteiger partial charge < -0.3 is 10.1 Å². The number of methoxy groups -OCH3 is 1. The highest BCUT2D eigenvalue weighted by Gasteiger charge is 2.63. The van der Waals surface area contributed by atoms with Crippen molar-refractivity contribution in [1.29, 1.82) is 0 Å². The smallest absolute Gasteiger partial charge is 0.224 e. The van der Waals surface area contributed by atoms with Crippen LogP contribution in [0.3, 0.4) is 0 Å². The number of carbonyl (C=O) groups is 1. The molecule has 3 atom stereocenters. The summed E-state index contributed by atoms with van der Waals surface area (Å²) in [6, 6.07) is 2.08. The van der Waals surface area contributed by atoms with Gasteiger partial charge in [0.25, 0.3) is 0 Å². The highest BCUT2D eigenvalue weighted by Crippen LogP contribution is 2.63. The zero-order valence-electron chi connectivity index (χ0n) is 16.0. The van der Waals surface area contributed by atoms with Crippen LogP contribution < -0.4 is 5.32 Å². The molecular weight excluding hydrogens is 342 g/mol. The van der Waals surface area contributed by atoms with Crippen LogP contribution in [-0.4, -0.2) is 45.9 Å². The molecule has 3 fully saturated rings. The Morgan fingerprint density at radius 2 is 2.33 bits per heavy atom. The molecule has 144 valence electrons. The first-order valence-corrected chi connectivity index (χ1v) is 9.70. The minimum Gasteiger partial charge on any atom is -0.383 e. The molecule has 3 aliphatic carbocycles. The summed E-state index contributed by atoms with van der Waals surface area (Å²) in [7, 11) is 1.70. The number of nitrogens with one attached hydrogen (secondary N) is 1. The fourth-order valence-corrected chi connectivity index (χ4v) is 5.00. The lowest BCUT2D eigenvalue weighted by atomic mass is 9.58. The molecule has 0 aliphatic heterocycles. The van der Waals surface area contributed by atoms with Crippen LogP contribution in [0.4, 0.5) is 0 Å². The van der Waals surface area contributed by atoms with E-state index in [-0.39, 0.29) is 17.2 Å². The van der Waals surface area contributed by atoms with Crippen molar-refractivity contribution in [1.82, 2.24) is 25.1 Å². The summed E-state index contributed by atoms with van der Waals surface area (Å²) in [6.07, 6.45) is 9.34. The Hall–Kier alpha value is -2.28. The van der Waals surface area contributed by atoms with E-state index in [1.165, 1.54) is 5.69 Å². The van der Waals surface area contributed by atoms with Gasteiger partial charge in [-0.15, -0.1) is 0 Å². The number of hydrogen-bond donors (Lipinski definition) is 1. The molecule has 3 saturated carbocycles. The fraction of sp³-hybridized carbons (Fsp3) is 0.600. The van der Waals surface area contributed by atoms with E-state index in [1.807, 2.05) is 17.8 Å². The van der Waals surface area contributed by atoms with Crippen LogP contribution in [0.2, 0.25) is 0 Å². The van der Waals surface area contributed by atoms with Gasteiger partial charge >= 0.3 is 0 Å². The average molecular weight is 369 g/mol. The van der Waals surface area contributed by atoms with Crippen molar-refractivity contribution in [3.8, 4) is 0 Å². The number of amides is 1. The SMILES string of the molecule is COCCn1nccc1C12CCC(C1)C2C(=O)NCCc1cncc(C)n1. The third-order valence-corrected chi connectivity index (χ3v) is 6.16. The van der Waals surface area contributed by atoms with E-state index < -0.39 is 0 Å². The molecule has 2 heterocycles. The van der Waals surface area contributed by atoms with E-state index in [4.69, 9.17) is 4.74 Å². The summed E-state index contributed by atoms with van der Waals surface area (Å²) < 4.78 is 7.23. The van der Waals surface area contributed by atoms with Gasteiger partial charge in [0.15, 0.2) is 0 Å². The molecular formula is C20H27N5O2. The van der Waals surface area contributed by atoms with Crippen LogP contribution >= 0.6 is 0 Å². The first-order chi connectivity index (χ1) is 13.1. The van der Waals surface area contributed by atoms with Crippen molar-refractivity contribution in [2.75, 3.05) is 20.3 Å². The van der Waals surface area contributed by atoms with E-state index in [9.17, 15) is 4.79 Å². The molecule has 3 aliphatic rings. The largest absolute Gasteiger partial charge is 0.383 e. The Morgan fingerprint density at radius 1 is 1.44 bits per heavy atom. The van der Waals surface area contributed by atoms with Gasteiger partial charge in [-0.2, -0.15) is 5.10 Å². The lowest BCUT2D eigenvalue weighted by molar-refractivity contribution is -0.133. The Bertz CT molecular complexity index is 816. The van der Waals surface area contributed by atoms with Crippen LogP contribution in [0.5, 0.6) is 0 Å². The number of ether oxygens (including phenoxy) is 1. The number of nitrogens with zero attached hydrogens (tertiary/aromatic N) is 4. The Labute approximate surface area is 159 Å². The Kier molecular flexibility index (Phi) is 4.95. The molecule has 27 heavy (non-hydrogen) atoms. The summed E-state index contributed by atoms with van der Waals surface area (Å²) in [5.74, 6) is 0.720. The van der Waals surface area contributed by atoms with Gasteiger partial charge in [-0.3, -0.25) is 19.4 Å². The van der Waals surface area contributed by atoms with Crippen molar-refractivity contribution in [3.05, 3.63) is 41.7 Å². The van der Waals surface area contributed by atoms with E-state index in [2.05, 4.69) is 26.4 Å². The van der Waals surface area contributed by atoms with Gasteiger partial charge in [-0.1, -0.05) is 0 Å². The average Bonchev–Trinajstić information content (AvgIpc) is 3.34. The molecule has 5 rings (SSSR count). The molecule has 7 heteroatoms. The lowest BCUT2D eigenvalue weighted by Gasteiger charge is -2.46. The lowest BCUT2D eigenvalue weighted by Crippen LogP contribution is -2.53. The summed E-state index contributed by atoms with van der Waals surface area (Å²) >= 11 is 0. The van der Waals surface area contributed by atoms with E-state index in [0.29, 0.717) is 25.5 Å². The van der Waals surface area contributed by atoms with Crippen molar-refractivity contribution in [3.63, 3.8) is 0 Å². The second kappa shape index (κ2) is 7.38. The third kappa shape index (κ3) is 3.25. The number of hydrogen-bond acceptors (Lipinski definition) is 5. The van der Waals surface area contributed by atoms with Gasteiger partial charge in [0, 0.05) is 49.8 Å². The number of aryl methyl sites for hydroxylation is 1. The first-order valence-electron chi connectivity index (χ1n) is 9.70. The molecule has 0 radical (unpaired) electrons. The normalized spacial score (nSPS) is 26.0. The van der Waals surface area contributed by atoms with Crippen molar-refractivity contribution >= 4 is 5.91 Å². The molecule has 0 aromatic carbocycles. The predicted molar refractivity (Wildman–Crippen MR) is 100 cm³/mol. The number of rotatable bonds is 8. The summed E-state index contributed by atoms with van der Waals surface area (Å²) in [6.45, 7) is 3.88. The quantitative estimate of drug-likeness (QED) is 0.765. The third-order valence-electron chi connectivity index (χ3n) is 6.16. The molecule has 0 saturated heterocycles. The molecule has 7 nitrogen and oxygen atoms in total. The summed E-state index contributed by atoms with van der Waals surface area (Å²) in [5.41, 5.74) is 2.96. The molecule has 2 aromatic rings. The number of fused-ring (bicyclic) bond motifs is 1. The van der Waals surface area contributed by atoms with Gasteiger partial charge in [0.2, 0.25) is 5.91 Å². The van der Waals surface area contributed by atoms with Gasteiger partial charge in [0.1, 0.15) is 0 Å². The van der Waals surface area contributed by atoms with Crippen LogP contribution in [0.1, 0.15) is 36.3 Å². The highest BCUT2D eigenvalue weighted by molar-refractivity contribution is 5.82. The van der Waals surface area contributed by atoms with Crippen molar-refractivity contribution in [2.24, 2.45) is 11.8 Å². The van der Waals surface area contributed by atoms with Gasteiger partial charge in [-0.25, -0.2) is 0 Å². The molecule has 1 N–H and O–H groups in total. The van der Waals surface area contributed by atoms with Gasteiger partial charge in [-0.05, 0) is 38.2 Å². The van der Waals surface area contributed by atoms with Crippen molar-refractivity contribution < 1.29 is 9.53 Å². The van der Waals surface area contributed by atoms with Crippen LogP contribution in [-0.2, 0) is 27.9 Å². The second-order valence-corrected chi connectivity index (χ2v) is 7.76. The first kappa shape index (κ1) is 18.1. The molecule has 2 aromatic heterocycles. The molecule has 2 bridgehead atoms. The zero-order chi connectivity index (χ0) is 18.9. The van der Waals surface area contributed by atoms with Crippen molar-refractivity contribution in [2.45, 2.75) is 44.6 Å². The number of aromatic nitrogens is 4. The van der Waals surface area contributed by atoms with E-state index in [0.717, 1.165) is 37.2 Å². The topological polar surface area (TPSA) is 81.9 Å². The monoisotopic (exact) mass is 369 g/mol. The van der Waals surface area contributed by atoms with Crippen LogP contribution in [0.25, 0.3) is 0 Å². The Balaban J connectivity index is 1.41. The van der Waals surface area contributed by atoms with Crippen LogP contribution in [0.15, 0.2) is 24.7 Å². The Morgan fingerprint density at radius 3 is 3.11 bits per heavy atom. The molecule has 1 amide bonds. The summed E-state index contributed by atoms with van der Waals surface area (Å²) in [4.78, 5) is 21.6. The van der Waals surface area contributed by atoms with E-state index >= 15 is 0 Å². The zero-order valence-corrected chi connectivity index (χ0v) is 16.0. The van der Waals surface area contributed by atoms with Crippen LogP contribution in [0, 0.1) is 18.8 Å². The minimum absolute atomic E-state index is 0.0534.